The van der Waals surface area contributed by atoms with E-state index in [0.717, 1.165) is 5.39 Å². The molecule has 0 saturated carbocycles. The Morgan fingerprint density at radius 2 is 2.21 bits per heavy atom. The number of fused-ring (bicyclic) bond motifs is 1. The van der Waals surface area contributed by atoms with Crippen molar-refractivity contribution in [2.75, 3.05) is 0 Å². The highest BCUT2D eigenvalue weighted by molar-refractivity contribution is 9.10. The summed E-state index contributed by atoms with van der Waals surface area (Å²) in [5.41, 5.74) is 0.659. The smallest absolute Gasteiger partial charge is 0.257 e. The van der Waals surface area contributed by atoms with E-state index in [-0.39, 0.29) is 6.54 Å². The van der Waals surface area contributed by atoms with Crippen molar-refractivity contribution in [3.63, 3.8) is 0 Å². The summed E-state index contributed by atoms with van der Waals surface area (Å²) in [5, 5.41) is 4.61. The Morgan fingerprint density at radius 3 is 2.93 bits per heavy atom. The summed E-state index contributed by atoms with van der Waals surface area (Å²) in [7, 11) is 0. The second-order valence-electron chi connectivity index (χ2n) is 2.78. The van der Waals surface area contributed by atoms with E-state index in [1.165, 1.54) is 10.9 Å². The van der Waals surface area contributed by atoms with Crippen LogP contribution in [-0.4, -0.2) is 21.2 Å². The fourth-order valence-electron chi connectivity index (χ4n) is 1.22. The minimum atomic E-state index is -2.40. The number of hydrogen-bond acceptors (Lipinski definition) is 2. The topological polar surface area (TPSA) is 30.7 Å². The minimum Gasteiger partial charge on any atom is -0.259 e. The predicted molar refractivity (Wildman–Crippen MR) is 51.2 cm³/mol. The summed E-state index contributed by atoms with van der Waals surface area (Å²) in [6, 6.07) is 1.67. The van der Waals surface area contributed by atoms with Crippen LogP contribution in [0.1, 0.15) is 0 Å². The number of hydrogen-bond donors (Lipinski definition) is 0. The van der Waals surface area contributed by atoms with Gasteiger partial charge in [0.15, 0.2) is 0 Å². The van der Waals surface area contributed by atoms with Crippen LogP contribution in [0.2, 0.25) is 0 Å². The molecule has 0 aliphatic heterocycles. The molecular weight excluding hydrogens is 256 g/mol. The van der Waals surface area contributed by atoms with Gasteiger partial charge in [-0.05, 0) is 22.0 Å². The number of halogens is 3. The maximum atomic E-state index is 12.1. The molecule has 0 fully saturated rings. The third kappa shape index (κ3) is 1.75. The molecule has 74 valence electrons. The second-order valence-corrected chi connectivity index (χ2v) is 3.60. The van der Waals surface area contributed by atoms with Gasteiger partial charge in [-0.15, -0.1) is 0 Å². The lowest BCUT2D eigenvalue weighted by Gasteiger charge is -2.01. The van der Waals surface area contributed by atoms with Gasteiger partial charge in [-0.1, -0.05) is 0 Å². The van der Waals surface area contributed by atoms with Crippen LogP contribution in [0, 0.1) is 0 Å². The van der Waals surface area contributed by atoms with Gasteiger partial charge in [0.1, 0.15) is 11.1 Å². The number of pyridine rings is 1. The molecule has 2 aromatic heterocycles. The monoisotopic (exact) mass is 261 g/mol. The van der Waals surface area contributed by atoms with E-state index in [1.54, 1.807) is 12.3 Å². The summed E-state index contributed by atoms with van der Waals surface area (Å²) in [4.78, 5) is 3.98. The van der Waals surface area contributed by atoms with Crippen molar-refractivity contribution in [2.24, 2.45) is 0 Å². The fraction of sp³-hybridized carbons (Fsp3) is 0.250. The van der Waals surface area contributed by atoms with Crippen molar-refractivity contribution >= 4 is 26.8 Å². The molecule has 0 amide bonds. The van der Waals surface area contributed by atoms with Crippen molar-refractivity contribution in [1.82, 2.24) is 14.8 Å². The van der Waals surface area contributed by atoms with Crippen LogP contribution in [0.4, 0.5) is 8.78 Å². The van der Waals surface area contributed by atoms with Gasteiger partial charge >= 0.3 is 0 Å². The molecule has 0 aliphatic carbocycles. The highest BCUT2D eigenvalue weighted by Crippen LogP contribution is 2.17. The Bertz CT molecular complexity index is 455. The first kappa shape index (κ1) is 9.51. The molecule has 0 aromatic carbocycles. The van der Waals surface area contributed by atoms with Crippen LogP contribution >= 0.6 is 15.9 Å². The molecule has 0 unspecified atom stereocenters. The van der Waals surface area contributed by atoms with Crippen molar-refractivity contribution in [3.05, 3.63) is 23.1 Å². The van der Waals surface area contributed by atoms with Gasteiger partial charge in [-0.3, -0.25) is 4.68 Å². The Balaban J connectivity index is 2.50. The van der Waals surface area contributed by atoms with E-state index in [2.05, 4.69) is 26.0 Å². The standard InChI is InChI=1S/C8H6BrF2N3/c9-7-1-6-5(2-12-7)3-13-14(6)4-8(10)11/h1-3,8H,4H2. The average molecular weight is 262 g/mol. The molecule has 0 atom stereocenters. The van der Waals surface area contributed by atoms with Crippen LogP contribution in [0.5, 0.6) is 0 Å². The lowest BCUT2D eigenvalue weighted by molar-refractivity contribution is 0.123. The summed E-state index contributed by atoms with van der Waals surface area (Å²) < 4.78 is 26.2. The number of aromatic nitrogens is 3. The van der Waals surface area contributed by atoms with Crippen LogP contribution < -0.4 is 0 Å². The molecule has 2 rings (SSSR count). The van der Waals surface area contributed by atoms with Crippen LogP contribution in [0.15, 0.2) is 23.1 Å². The van der Waals surface area contributed by atoms with Crippen molar-refractivity contribution in [3.8, 4) is 0 Å². The Labute approximate surface area is 86.9 Å². The zero-order valence-electron chi connectivity index (χ0n) is 6.99. The lowest BCUT2D eigenvalue weighted by atomic mass is 10.3. The SMILES string of the molecule is FC(F)Cn1ncc2cnc(Br)cc21. The molecule has 0 aliphatic rings. The van der Waals surface area contributed by atoms with Crippen molar-refractivity contribution in [2.45, 2.75) is 13.0 Å². The zero-order chi connectivity index (χ0) is 10.1. The normalized spacial score (nSPS) is 11.4. The Kier molecular flexibility index (Phi) is 2.45. The molecule has 2 aromatic rings. The quantitative estimate of drug-likeness (QED) is 0.778. The van der Waals surface area contributed by atoms with Gasteiger partial charge in [0.05, 0.1) is 11.7 Å². The maximum Gasteiger partial charge on any atom is 0.257 e. The Morgan fingerprint density at radius 1 is 1.43 bits per heavy atom. The fourth-order valence-corrected chi connectivity index (χ4v) is 1.54. The maximum absolute atomic E-state index is 12.1. The molecule has 14 heavy (non-hydrogen) atoms. The second kappa shape index (κ2) is 3.61. The number of alkyl halides is 2. The van der Waals surface area contributed by atoms with Gasteiger partial charge in [0.2, 0.25) is 0 Å². The molecule has 0 saturated heterocycles. The van der Waals surface area contributed by atoms with Gasteiger partial charge in [-0.25, -0.2) is 13.8 Å². The molecule has 3 nitrogen and oxygen atoms in total. The van der Waals surface area contributed by atoms with E-state index >= 15 is 0 Å². The van der Waals surface area contributed by atoms with Crippen LogP contribution in [0.3, 0.4) is 0 Å². The molecule has 0 radical (unpaired) electrons. The number of rotatable bonds is 2. The summed E-state index contributed by atoms with van der Waals surface area (Å²) in [6.07, 6.45) is 0.718. The lowest BCUT2D eigenvalue weighted by Crippen LogP contribution is -2.07. The van der Waals surface area contributed by atoms with Crippen molar-refractivity contribution < 1.29 is 8.78 Å². The molecule has 0 spiro atoms. The van der Waals surface area contributed by atoms with E-state index < -0.39 is 6.43 Å². The first-order valence-corrected chi connectivity index (χ1v) is 4.71. The van der Waals surface area contributed by atoms with E-state index in [9.17, 15) is 8.78 Å². The van der Waals surface area contributed by atoms with Gasteiger partial charge in [-0.2, -0.15) is 5.10 Å². The Hall–Kier alpha value is -1.04. The van der Waals surface area contributed by atoms with Crippen molar-refractivity contribution in [1.29, 1.82) is 0 Å². The molecule has 0 bridgehead atoms. The number of nitrogens with zero attached hydrogens (tertiary/aromatic N) is 3. The largest absolute Gasteiger partial charge is 0.259 e. The van der Waals surface area contributed by atoms with Gasteiger partial charge in [0.25, 0.3) is 6.43 Å². The minimum absolute atomic E-state index is 0.389. The highest BCUT2D eigenvalue weighted by Gasteiger charge is 2.08. The van der Waals surface area contributed by atoms with E-state index in [0.29, 0.717) is 10.1 Å². The van der Waals surface area contributed by atoms with E-state index in [4.69, 9.17) is 0 Å². The zero-order valence-corrected chi connectivity index (χ0v) is 8.58. The third-order valence-electron chi connectivity index (χ3n) is 1.80. The first-order valence-electron chi connectivity index (χ1n) is 3.92. The summed E-state index contributed by atoms with van der Waals surface area (Å²) >= 11 is 3.18. The summed E-state index contributed by atoms with van der Waals surface area (Å²) in [6.45, 7) is -0.389. The van der Waals surface area contributed by atoms with E-state index in [1.807, 2.05) is 0 Å². The van der Waals surface area contributed by atoms with Crippen LogP contribution in [-0.2, 0) is 6.54 Å². The summed E-state index contributed by atoms with van der Waals surface area (Å²) in [5.74, 6) is 0. The predicted octanol–water partition coefficient (Wildman–Crippen LogP) is 2.46. The molecule has 6 heteroatoms. The third-order valence-corrected chi connectivity index (χ3v) is 2.24. The molecule has 0 N–H and O–H groups in total. The van der Waals surface area contributed by atoms with Gasteiger partial charge in [0, 0.05) is 11.6 Å². The highest BCUT2D eigenvalue weighted by atomic mass is 79.9. The first-order chi connectivity index (χ1) is 6.66. The molecule has 2 heterocycles. The average Bonchev–Trinajstić information content (AvgIpc) is 2.47. The van der Waals surface area contributed by atoms with Gasteiger partial charge < -0.3 is 0 Å². The van der Waals surface area contributed by atoms with Crippen LogP contribution in [0.25, 0.3) is 10.9 Å². The molecular formula is C8H6BrF2N3.